The fourth-order valence-electron chi connectivity index (χ4n) is 3.48. The summed E-state index contributed by atoms with van der Waals surface area (Å²) >= 11 is 12.2. The van der Waals surface area contributed by atoms with Gasteiger partial charge in [0.1, 0.15) is 24.7 Å². The van der Waals surface area contributed by atoms with E-state index in [1.807, 2.05) is 60.9 Å². The number of benzene rings is 3. The Morgan fingerprint density at radius 1 is 1.03 bits per heavy atom. The fourth-order valence-corrected chi connectivity index (χ4v) is 3.94. The summed E-state index contributed by atoms with van der Waals surface area (Å²) in [5.41, 5.74) is 4.53. The van der Waals surface area contributed by atoms with Gasteiger partial charge in [-0.15, -0.1) is 0 Å². The van der Waals surface area contributed by atoms with Crippen LogP contribution in [0.1, 0.15) is 17.0 Å². The third-order valence-electron chi connectivity index (χ3n) is 5.03. The first-order valence-electron chi connectivity index (χ1n) is 9.80. The van der Waals surface area contributed by atoms with E-state index in [2.05, 4.69) is 10.3 Å². The zero-order chi connectivity index (χ0) is 22.0. The van der Waals surface area contributed by atoms with E-state index in [0.717, 1.165) is 27.8 Å². The van der Waals surface area contributed by atoms with E-state index in [9.17, 15) is 4.79 Å². The summed E-state index contributed by atoms with van der Waals surface area (Å²) in [5.74, 6) is 1.000. The first kappa shape index (κ1) is 21.2. The quantitative estimate of drug-likeness (QED) is 0.379. The summed E-state index contributed by atoms with van der Waals surface area (Å²) in [6.07, 6.45) is 0. The molecule has 0 radical (unpaired) electrons. The molecule has 1 heterocycles. The van der Waals surface area contributed by atoms with Gasteiger partial charge in [0.25, 0.3) is 0 Å². The number of hydrogen-bond acceptors (Lipinski definition) is 3. The third-order valence-corrected chi connectivity index (χ3v) is 5.56. The van der Waals surface area contributed by atoms with Crippen LogP contribution in [0.4, 0.5) is 5.69 Å². The Morgan fingerprint density at radius 3 is 2.52 bits per heavy atom. The Bertz CT molecular complexity index is 1250. The van der Waals surface area contributed by atoms with Crippen molar-refractivity contribution in [1.82, 2.24) is 9.55 Å². The molecule has 0 unspecified atom stereocenters. The molecule has 1 amide bonds. The van der Waals surface area contributed by atoms with Gasteiger partial charge in [0.05, 0.1) is 16.1 Å². The SMILES string of the molecule is Cc1cccc(C)c1NC(=O)Cn1c(COc2ccc(Cl)cc2Cl)nc2ccccc21. The van der Waals surface area contributed by atoms with Crippen LogP contribution in [-0.4, -0.2) is 15.5 Å². The van der Waals surface area contributed by atoms with E-state index in [1.165, 1.54) is 0 Å². The number of nitrogens with one attached hydrogen (secondary N) is 1. The molecule has 0 bridgehead atoms. The molecule has 158 valence electrons. The Hall–Kier alpha value is -3.02. The molecule has 4 aromatic rings. The molecule has 1 aromatic heterocycles. The van der Waals surface area contributed by atoms with E-state index < -0.39 is 0 Å². The highest BCUT2D eigenvalue weighted by Crippen LogP contribution is 2.28. The third kappa shape index (κ3) is 4.68. The second-order valence-corrected chi connectivity index (χ2v) is 8.12. The van der Waals surface area contributed by atoms with Gasteiger partial charge >= 0.3 is 0 Å². The highest BCUT2D eigenvalue weighted by molar-refractivity contribution is 6.35. The minimum atomic E-state index is -0.133. The van der Waals surface area contributed by atoms with Gasteiger partial charge in [-0.05, 0) is 55.3 Å². The largest absolute Gasteiger partial charge is 0.484 e. The monoisotopic (exact) mass is 453 g/mol. The number of nitrogens with zero attached hydrogens (tertiary/aromatic N) is 2. The van der Waals surface area contributed by atoms with E-state index in [1.54, 1.807) is 18.2 Å². The van der Waals surface area contributed by atoms with Gasteiger partial charge in [-0.1, -0.05) is 53.5 Å². The number of fused-ring (bicyclic) bond motifs is 1. The summed E-state index contributed by atoms with van der Waals surface area (Å²) in [5, 5.41) is 3.99. The standard InChI is InChI=1S/C24H21Cl2N3O2/c1-15-6-5-7-16(2)24(15)28-23(30)13-29-20-9-4-3-8-19(20)27-22(29)14-31-21-11-10-17(25)12-18(21)26/h3-12H,13-14H2,1-2H3,(H,28,30). The van der Waals surface area contributed by atoms with Gasteiger partial charge in [0, 0.05) is 10.7 Å². The lowest BCUT2D eigenvalue weighted by Crippen LogP contribution is -2.21. The van der Waals surface area contributed by atoms with Crippen LogP contribution in [0.5, 0.6) is 5.75 Å². The molecule has 0 aliphatic heterocycles. The van der Waals surface area contributed by atoms with Crippen molar-refractivity contribution in [2.45, 2.75) is 27.0 Å². The van der Waals surface area contributed by atoms with Crippen molar-refractivity contribution < 1.29 is 9.53 Å². The maximum Gasteiger partial charge on any atom is 0.244 e. The normalized spacial score (nSPS) is 11.0. The van der Waals surface area contributed by atoms with E-state index in [-0.39, 0.29) is 19.1 Å². The lowest BCUT2D eigenvalue weighted by atomic mass is 10.1. The Balaban J connectivity index is 1.59. The van der Waals surface area contributed by atoms with E-state index >= 15 is 0 Å². The van der Waals surface area contributed by atoms with Crippen molar-refractivity contribution >= 4 is 45.8 Å². The number of aryl methyl sites for hydroxylation is 2. The van der Waals surface area contributed by atoms with Gasteiger partial charge in [0.2, 0.25) is 5.91 Å². The molecule has 0 fully saturated rings. The number of aromatic nitrogens is 2. The first-order valence-corrected chi connectivity index (χ1v) is 10.6. The maximum atomic E-state index is 12.9. The lowest BCUT2D eigenvalue weighted by molar-refractivity contribution is -0.116. The summed E-state index contributed by atoms with van der Waals surface area (Å²) in [4.78, 5) is 17.6. The van der Waals surface area contributed by atoms with Crippen molar-refractivity contribution in [2.24, 2.45) is 0 Å². The number of anilines is 1. The van der Waals surface area contributed by atoms with Crippen molar-refractivity contribution in [3.63, 3.8) is 0 Å². The predicted octanol–water partition coefficient (Wildman–Crippen LogP) is 6.18. The lowest BCUT2D eigenvalue weighted by Gasteiger charge is -2.14. The van der Waals surface area contributed by atoms with Gasteiger partial charge in [-0.2, -0.15) is 0 Å². The molecule has 0 saturated heterocycles. The Labute approximate surface area is 190 Å². The molecule has 0 saturated carbocycles. The maximum absolute atomic E-state index is 12.9. The van der Waals surface area contributed by atoms with Crippen LogP contribution in [0.3, 0.4) is 0 Å². The van der Waals surface area contributed by atoms with Crippen LogP contribution in [0.2, 0.25) is 10.0 Å². The molecule has 0 atom stereocenters. The molecule has 0 aliphatic rings. The van der Waals surface area contributed by atoms with Crippen molar-refractivity contribution in [1.29, 1.82) is 0 Å². The fraction of sp³-hybridized carbons (Fsp3) is 0.167. The molecule has 0 aliphatic carbocycles. The van der Waals surface area contributed by atoms with Gasteiger partial charge in [0.15, 0.2) is 0 Å². The molecular formula is C24H21Cl2N3O2. The highest BCUT2D eigenvalue weighted by atomic mass is 35.5. The zero-order valence-electron chi connectivity index (χ0n) is 17.2. The molecule has 4 rings (SSSR count). The van der Waals surface area contributed by atoms with Gasteiger partial charge in [-0.3, -0.25) is 4.79 Å². The van der Waals surface area contributed by atoms with E-state index in [4.69, 9.17) is 27.9 Å². The number of carbonyl (C=O) groups excluding carboxylic acids is 1. The number of halogens is 2. The number of hydrogen-bond donors (Lipinski definition) is 1. The summed E-state index contributed by atoms with van der Waals surface area (Å²) in [6.45, 7) is 4.22. The summed E-state index contributed by atoms with van der Waals surface area (Å²) in [6, 6.07) is 18.7. The van der Waals surface area contributed by atoms with Crippen LogP contribution in [0.15, 0.2) is 60.7 Å². The Morgan fingerprint density at radius 2 is 1.77 bits per heavy atom. The molecule has 1 N–H and O–H groups in total. The van der Waals surface area contributed by atoms with Crippen LogP contribution in [-0.2, 0) is 17.9 Å². The van der Waals surface area contributed by atoms with Crippen molar-refractivity contribution in [3.05, 3.63) is 87.7 Å². The second-order valence-electron chi connectivity index (χ2n) is 7.28. The van der Waals surface area contributed by atoms with Crippen LogP contribution >= 0.6 is 23.2 Å². The molecule has 31 heavy (non-hydrogen) atoms. The highest BCUT2D eigenvalue weighted by Gasteiger charge is 2.16. The minimum Gasteiger partial charge on any atom is -0.484 e. The second kappa shape index (κ2) is 9.00. The number of para-hydroxylation sites is 3. The summed E-state index contributed by atoms with van der Waals surface area (Å²) < 4.78 is 7.74. The Kier molecular flexibility index (Phi) is 6.16. The number of ether oxygens (including phenoxy) is 1. The first-order chi connectivity index (χ1) is 14.9. The topological polar surface area (TPSA) is 56.2 Å². The molecule has 7 heteroatoms. The van der Waals surface area contributed by atoms with E-state index in [0.29, 0.717) is 21.6 Å². The molecular weight excluding hydrogens is 433 g/mol. The van der Waals surface area contributed by atoms with Gasteiger partial charge in [-0.25, -0.2) is 4.98 Å². The smallest absolute Gasteiger partial charge is 0.244 e. The zero-order valence-corrected chi connectivity index (χ0v) is 18.7. The van der Waals surface area contributed by atoms with Crippen LogP contribution < -0.4 is 10.1 Å². The van der Waals surface area contributed by atoms with Crippen molar-refractivity contribution in [3.8, 4) is 5.75 Å². The number of rotatable bonds is 6. The predicted molar refractivity (Wildman–Crippen MR) is 125 cm³/mol. The van der Waals surface area contributed by atoms with Crippen molar-refractivity contribution in [2.75, 3.05) is 5.32 Å². The minimum absolute atomic E-state index is 0.112. The number of imidazole rings is 1. The molecule has 5 nitrogen and oxygen atoms in total. The van der Waals surface area contributed by atoms with Crippen LogP contribution in [0, 0.1) is 13.8 Å². The summed E-state index contributed by atoms with van der Waals surface area (Å²) in [7, 11) is 0. The number of carbonyl (C=O) groups is 1. The molecule has 3 aromatic carbocycles. The molecule has 0 spiro atoms. The average Bonchev–Trinajstić information content (AvgIpc) is 3.07. The van der Waals surface area contributed by atoms with Gasteiger partial charge < -0.3 is 14.6 Å². The number of amides is 1. The van der Waals surface area contributed by atoms with Crippen LogP contribution in [0.25, 0.3) is 11.0 Å². The average molecular weight is 454 g/mol.